The molecule has 5 heteroatoms. The van der Waals surface area contributed by atoms with E-state index < -0.39 is 5.41 Å². The third kappa shape index (κ3) is 5.31. The Morgan fingerprint density at radius 2 is 1.09 bits per heavy atom. The number of aryl methyl sites for hydroxylation is 3. The van der Waals surface area contributed by atoms with E-state index in [2.05, 4.69) is 238 Å². The summed E-state index contributed by atoms with van der Waals surface area (Å²) in [6.45, 7) is 6.95. The van der Waals surface area contributed by atoms with Gasteiger partial charge in [-0.2, -0.15) is 0 Å². The predicted octanol–water partition coefficient (Wildman–Crippen LogP) is 10.8. The Balaban J connectivity index is 1.16. The van der Waals surface area contributed by atoms with E-state index in [1.807, 2.05) is 0 Å². The van der Waals surface area contributed by atoms with Crippen LogP contribution >= 0.6 is 0 Å². The summed E-state index contributed by atoms with van der Waals surface area (Å²) in [5.41, 5.74) is 26.7. The first kappa shape index (κ1) is 38.4. The Morgan fingerprint density at radius 3 is 1.80 bits per heavy atom. The van der Waals surface area contributed by atoms with Gasteiger partial charge in [-0.1, -0.05) is 36.4 Å². The van der Waals surface area contributed by atoms with E-state index in [1.54, 1.807) is 0 Å². The molecule has 1 spiro atoms. The molecule has 9 aromatic rings. The molecule has 9 aromatic carbocycles. The van der Waals surface area contributed by atoms with Crippen LogP contribution in [-0.2, 0) is 5.41 Å². The van der Waals surface area contributed by atoms with Crippen molar-refractivity contribution in [1.29, 1.82) is 0 Å². The van der Waals surface area contributed by atoms with Crippen molar-refractivity contribution in [3.63, 3.8) is 0 Å². The topological polar surface area (TPSA) is 9.72 Å². The summed E-state index contributed by atoms with van der Waals surface area (Å²) in [6.07, 6.45) is 0. The maximum absolute atomic E-state index is 2.67. The van der Waals surface area contributed by atoms with Crippen LogP contribution in [-0.4, -0.2) is 35.8 Å². The van der Waals surface area contributed by atoms with Gasteiger partial charge in [0.2, 0.25) is 0 Å². The fourth-order valence-corrected chi connectivity index (χ4v) is 14.6. The SMILES string of the molecule is Cc1cc(C)c(N2c3cc4c(cc3B3c5ccccc5[Se]c5cc(N(C)C)cc2c53)-c2ccccc2[C@]42c3ccccc3-c3c(N(c4ccccc4)c4ccccc4)cccc32)c(C)c1. The number of fused-ring (bicyclic) bond motifs is 14. The Bertz CT molecular complexity index is 3390. The number of anilines is 7. The number of benzene rings is 9. The molecule has 0 N–H and O–H groups in total. The van der Waals surface area contributed by atoms with Crippen molar-refractivity contribution < 1.29 is 0 Å². The molecule has 0 unspecified atom stereocenters. The minimum absolute atomic E-state index is 0.106. The van der Waals surface area contributed by atoms with Gasteiger partial charge in [-0.15, -0.1) is 0 Å². The second-order valence-corrected chi connectivity index (χ2v) is 20.7. The quantitative estimate of drug-likeness (QED) is 0.159. The van der Waals surface area contributed by atoms with Gasteiger partial charge in [0.25, 0.3) is 0 Å². The van der Waals surface area contributed by atoms with Gasteiger partial charge >= 0.3 is 319 Å². The van der Waals surface area contributed by atoms with Crippen molar-refractivity contribution in [2.75, 3.05) is 28.8 Å². The molecule has 2 aliphatic heterocycles. The molecule has 1 atom stereocenters. The predicted molar refractivity (Wildman–Crippen MR) is 277 cm³/mol. The van der Waals surface area contributed by atoms with Gasteiger partial charge in [-0.05, 0) is 24.3 Å². The molecule has 0 aromatic heterocycles. The van der Waals surface area contributed by atoms with Crippen molar-refractivity contribution >= 4 is 86.8 Å². The van der Waals surface area contributed by atoms with E-state index in [1.165, 1.54) is 115 Å². The molecule has 3 nitrogen and oxygen atoms in total. The average Bonchev–Trinajstić information content (AvgIpc) is 3.79. The summed E-state index contributed by atoms with van der Waals surface area (Å²) in [4.78, 5) is 7.41. The molecule has 65 heavy (non-hydrogen) atoms. The molecular weight excluding hydrogens is 852 g/mol. The van der Waals surface area contributed by atoms with E-state index in [0.717, 1.165) is 11.4 Å². The zero-order chi connectivity index (χ0) is 43.7. The molecule has 310 valence electrons. The standard InChI is InChI=1S/C60H46BN3Se/c1-37-31-38(2)59(39(3)32-37)64-53-36-49-45(35-51(53)61-50-28-16-17-30-55(50)65-56-34-42(62(4)5)33-54(64)58(56)61)43-23-12-14-25-46(43)60(49)47-26-15-13-24-44(47)57-48(60)27-18-29-52(57)63(40-19-8-6-9-20-40)41-21-10-7-11-22-41/h6-36H,1-5H3/t60-/m1/s1. The third-order valence-corrected chi connectivity index (χ3v) is 16.9. The summed E-state index contributed by atoms with van der Waals surface area (Å²) >= 11 is 0.166. The molecule has 2 aliphatic carbocycles. The Kier molecular flexibility index (Phi) is 8.41. The zero-order valence-electron chi connectivity index (χ0n) is 37.2. The fourth-order valence-electron chi connectivity index (χ4n) is 12.1. The number of hydrogen-bond donors (Lipinski definition) is 0. The van der Waals surface area contributed by atoms with Crippen LogP contribution in [0.4, 0.5) is 39.8 Å². The molecule has 0 fully saturated rings. The van der Waals surface area contributed by atoms with Crippen molar-refractivity contribution in [2.45, 2.75) is 26.2 Å². The second kappa shape index (κ2) is 14.2. The van der Waals surface area contributed by atoms with Crippen LogP contribution in [0.3, 0.4) is 0 Å². The van der Waals surface area contributed by atoms with E-state index in [9.17, 15) is 0 Å². The molecule has 0 radical (unpaired) electrons. The van der Waals surface area contributed by atoms with Crippen LogP contribution in [0.2, 0.25) is 0 Å². The van der Waals surface area contributed by atoms with Gasteiger partial charge < -0.3 is 0 Å². The molecule has 0 bridgehead atoms. The molecule has 13 rings (SSSR count). The normalized spacial score (nSPS) is 15.4. The first-order valence-electron chi connectivity index (χ1n) is 22.7. The second-order valence-electron chi connectivity index (χ2n) is 18.4. The van der Waals surface area contributed by atoms with Gasteiger partial charge in [0.1, 0.15) is 0 Å². The number of nitrogens with zero attached hydrogens (tertiary/aromatic N) is 3. The van der Waals surface area contributed by atoms with E-state index in [4.69, 9.17) is 0 Å². The van der Waals surface area contributed by atoms with Crippen molar-refractivity contribution in [3.05, 3.63) is 227 Å². The van der Waals surface area contributed by atoms with Crippen LogP contribution in [0.15, 0.2) is 188 Å². The van der Waals surface area contributed by atoms with Crippen molar-refractivity contribution in [2.24, 2.45) is 0 Å². The summed E-state index contributed by atoms with van der Waals surface area (Å²) in [6, 6.07) is 71.6. The van der Waals surface area contributed by atoms with Crippen molar-refractivity contribution in [1.82, 2.24) is 0 Å². The van der Waals surface area contributed by atoms with Crippen LogP contribution < -0.4 is 40.0 Å². The number of rotatable bonds is 5. The maximum atomic E-state index is 2.67. The van der Waals surface area contributed by atoms with Crippen LogP contribution in [0, 0.1) is 20.8 Å². The fraction of sp³-hybridized carbons (Fsp3) is 0.100. The summed E-state index contributed by atoms with van der Waals surface area (Å²) in [5.74, 6) is 0. The zero-order valence-corrected chi connectivity index (χ0v) is 38.9. The van der Waals surface area contributed by atoms with E-state index in [-0.39, 0.29) is 21.7 Å². The van der Waals surface area contributed by atoms with E-state index >= 15 is 0 Å². The first-order valence-corrected chi connectivity index (χ1v) is 24.5. The van der Waals surface area contributed by atoms with Gasteiger partial charge in [-0.25, -0.2) is 0 Å². The Labute approximate surface area is 388 Å². The molecule has 2 heterocycles. The average molecular weight is 899 g/mol. The minimum atomic E-state index is -0.560. The van der Waals surface area contributed by atoms with Crippen LogP contribution in [0.5, 0.6) is 0 Å². The number of para-hydroxylation sites is 2. The molecular formula is C60H46BN3Se. The molecule has 0 amide bonds. The van der Waals surface area contributed by atoms with Crippen molar-refractivity contribution in [3.8, 4) is 22.3 Å². The van der Waals surface area contributed by atoms with Gasteiger partial charge in [0, 0.05) is 11.4 Å². The van der Waals surface area contributed by atoms with E-state index in [0.29, 0.717) is 0 Å². The summed E-state index contributed by atoms with van der Waals surface area (Å²) in [7, 11) is 4.38. The monoisotopic (exact) mass is 899 g/mol. The number of hydrogen-bond acceptors (Lipinski definition) is 3. The third-order valence-electron chi connectivity index (χ3n) is 14.5. The van der Waals surface area contributed by atoms with Crippen LogP contribution in [0.25, 0.3) is 22.3 Å². The first-order chi connectivity index (χ1) is 31.8. The molecule has 4 aliphatic rings. The molecule has 0 saturated carbocycles. The van der Waals surface area contributed by atoms with Crippen LogP contribution in [0.1, 0.15) is 38.9 Å². The summed E-state index contributed by atoms with van der Waals surface area (Å²) < 4.78 is 2.96. The van der Waals surface area contributed by atoms with Gasteiger partial charge in [0.05, 0.1) is 0 Å². The summed E-state index contributed by atoms with van der Waals surface area (Å²) in [5, 5.41) is 0. The van der Waals surface area contributed by atoms with Gasteiger partial charge in [0.15, 0.2) is 0 Å². The Morgan fingerprint density at radius 1 is 0.477 bits per heavy atom. The van der Waals surface area contributed by atoms with Gasteiger partial charge in [-0.3, -0.25) is 0 Å². The Hall–Kier alpha value is -7.04. The molecule has 0 saturated heterocycles.